The van der Waals surface area contributed by atoms with E-state index in [0.29, 0.717) is 39.1 Å². The number of nitrogens with zero attached hydrogens (tertiary/aromatic N) is 3. The van der Waals surface area contributed by atoms with Crippen molar-refractivity contribution in [1.29, 1.82) is 0 Å². The zero-order valence-electron chi connectivity index (χ0n) is 18.5. The number of hydrogen-bond acceptors (Lipinski definition) is 6. The molecule has 3 rings (SSSR count). The summed E-state index contributed by atoms with van der Waals surface area (Å²) < 4.78 is 51.0. The fourth-order valence-corrected chi connectivity index (χ4v) is 7.29. The van der Waals surface area contributed by atoms with E-state index in [1.807, 2.05) is 25.7 Å². The van der Waals surface area contributed by atoms with Gasteiger partial charge in [-0.05, 0) is 31.4 Å². The molecule has 0 bridgehead atoms. The van der Waals surface area contributed by atoms with Gasteiger partial charge in [-0.15, -0.1) is 0 Å². The van der Waals surface area contributed by atoms with Crippen LogP contribution in [0.4, 0.5) is 0 Å². The van der Waals surface area contributed by atoms with Crippen LogP contribution >= 0.6 is 0 Å². The SMILES string of the molecule is Cc1ccc(S(=O)(=O)N2CCN(CC(=O)N(CC(C)C)C3CCS(=O)(=O)C3)CC2)cc1. The quantitative estimate of drug-likeness (QED) is 0.588. The van der Waals surface area contributed by atoms with Crippen molar-refractivity contribution in [1.82, 2.24) is 14.1 Å². The Bertz CT molecular complexity index is 982. The Morgan fingerprint density at radius 3 is 2.26 bits per heavy atom. The Kier molecular flexibility index (Phi) is 7.45. The Labute approximate surface area is 186 Å². The summed E-state index contributed by atoms with van der Waals surface area (Å²) in [7, 11) is -6.62. The molecular formula is C21H33N3O5S2. The average molecular weight is 472 g/mol. The van der Waals surface area contributed by atoms with E-state index in [1.165, 1.54) is 4.31 Å². The Balaban J connectivity index is 1.60. The van der Waals surface area contributed by atoms with Gasteiger partial charge in [-0.25, -0.2) is 16.8 Å². The molecule has 0 aromatic heterocycles. The van der Waals surface area contributed by atoms with E-state index in [4.69, 9.17) is 0 Å². The van der Waals surface area contributed by atoms with Crippen LogP contribution in [0.2, 0.25) is 0 Å². The number of amides is 1. The van der Waals surface area contributed by atoms with Crippen LogP contribution < -0.4 is 0 Å². The van der Waals surface area contributed by atoms with Crippen LogP contribution in [0.3, 0.4) is 0 Å². The minimum absolute atomic E-state index is 0.0357. The van der Waals surface area contributed by atoms with Gasteiger partial charge in [0.25, 0.3) is 0 Å². The van der Waals surface area contributed by atoms with Crippen molar-refractivity contribution in [3.05, 3.63) is 29.8 Å². The van der Waals surface area contributed by atoms with Crippen molar-refractivity contribution >= 4 is 25.8 Å². The molecule has 1 atom stereocenters. The first-order valence-corrected chi connectivity index (χ1v) is 14.0. The van der Waals surface area contributed by atoms with Crippen LogP contribution in [0.25, 0.3) is 0 Å². The highest BCUT2D eigenvalue weighted by atomic mass is 32.2. The first-order valence-electron chi connectivity index (χ1n) is 10.8. The molecule has 1 amide bonds. The minimum Gasteiger partial charge on any atom is -0.337 e. The molecule has 0 N–H and O–H groups in total. The van der Waals surface area contributed by atoms with Gasteiger partial charge < -0.3 is 4.90 Å². The maximum atomic E-state index is 13.0. The lowest BCUT2D eigenvalue weighted by Gasteiger charge is -2.36. The summed E-state index contributed by atoms with van der Waals surface area (Å²) in [5.74, 6) is 0.331. The second kappa shape index (κ2) is 9.56. The Morgan fingerprint density at radius 1 is 1.13 bits per heavy atom. The van der Waals surface area contributed by atoms with Crippen LogP contribution in [0.15, 0.2) is 29.2 Å². The number of carbonyl (C=O) groups is 1. The number of sulfonamides is 1. The molecule has 0 aliphatic carbocycles. The number of carbonyl (C=O) groups excluding carboxylic acids is 1. The standard InChI is InChI=1S/C21H33N3O5S2/c1-17(2)14-24(19-8-13-30(26,27)16-19)21(25)15-22-9-11-23(12-10-22)31(28,29)20-6-4-18(3)5-7-20/h4-7,17,19H,8-16H2,1-3H3. The number of benzene rings is 1. The maximum absolute atomic E-state index is 13.0. The number of hydrogen-bond donors (Lipinski definition) is 0. The zero-order valence-corrected chi connectivity index (χ0v) is 20.2. The van der Waals surface area contributed by atoms with E-state index < -0.39 is 19.9 Å². The molecular weight excluding hydrogens is 438 g/mol. The molecule has 10 heteroatoms. The molecule has 2 fully saturated rings. The van der Waals surface area contributed by atoms with Crippen LogP contribution in [0.1, 0.15) is 25.8 Å². The van der Waals surface area contributed by atoms with Crippen LogP contribution in [-0.4, -0.2) is 93.7 Å². The van der Waals surface area contributed by atoms with E-state index in [2.05, 4.69) is 0 Å². The molecule has 1 unspecified atom stereocenters. The molecule has 2 heterocycles. The van der Waals surface area contributed by atoms with Gasteiger partial charge in [-0.2, -0.15) is 4.31 Å². The third kappa shape index (κ3) is 6.06. The highest BCUT2D eigenvalue weighted by Crippen LogP contribution is 2.21. The van der Waals surface area contributed by atoms with Gasteiger partial charge in [0.05, 0.1) is 22.9 Å². The third-order valence-corrected chi connectivity index (χ3v) is 9.54. The number of piperazine rings is 1. The third-order valence-electron chi connectivity index (χ3n) is 5.88. The first-order chi connectivity index (χ1) is 14.5. The smallest absolute Gasteiger partial charge is 0.243 e. The monoisotopic (exact) mass is 471 g/mol. The fourth-order valence-electron chi connectivity index (χ4n) is 4.14. The largest absolute Gasteiger partial charge is 0.337 e. The predicted octanol–water partition coefficient (Wildman–Crippen LogP) is 0.973. The van der Waals surface area contributed by atoms with Gasteiger partial charge in [0.2, 0.25) is 15.9 Å². The Morgan fingerprint density at radius 2 is 1.74 bits per heavy atom. The molecule has 174 valence electrons. The molecule has 0 saturated carbocycles. The summed E-state index contributed by atoms with van der Waals surface area (Å²) in [6, 6.07) is 6.56. The topological polar surface area (TPSA) is 95.1 Å². The molecule has 2 aliphatic heterocycles. The summed E-state index contributed by atoms with van der Waals surface area (Å²) in [6.07, 6.45) is 0.489. The van der Waals surface area contributed by atoms with Crippen molar-refractivity contribution in [3.63, 3.8) is 0 Å². The van der Waals surface area contributed by atoms with E-state index in [9.17, 15) is 21.6 Å². The fraction of sp³-hybridized carbons (Fsp3) is 0.667. The Hall–Kier alpha value is -1.49. The first kappa shape index (κ1) is 24.2. The van der Waals surface area contributed by atoms with Gasteiger partial charge in [0, 0.05) is 38.8 Å². The van der Waals surface area contributed by atoms with Crippen molar-refractivity contribution in [3.8, 4) is 0 Å². The molecule has 1 aromatic rings. The number of sulfone groups is 1. The summed E-state index contributed by atoms with van der Waals surface area (Å²) in [5.41, 5.74) is 1.00. The van der Waals surface area contributed by atoms with E-state index in [1.54, 1.807) is 29.2 Å². The zero-order chi connectivity index (χ0) is 22.8. The van der Waals surface area contributed by atoms with E-state index in [-0.39, 0.29) is 40.8 Å². The normalized spacial score (nSPS) is 22.6. The van der Waals surface area contributed by atoms with Crippen molar-refractivity contribution in [2.75, 3.05) is 50.8 Å². The maximum Gasteiger partial charge on any atom is 0.243 e. The van der Waals surface area contributed by atoms with Gasteiger partial charge in [0.1, 0.15) is 0 Å². The lowest BCUT2D eigenvalue weighted by molar-refractivity contribution is -0.135. The molecule has 31 heavy (non-hydrogen) atoms. The molecule has 2 saturated heterocycles. The van der Waals surface area contributed by atoms with E-state index in [0.717, 1.165) is 5.56 Å². The summed E-state index contributed by atoms with van der Waals surface area (Å²) in [4.78, 5) is 17.0. The molecule has 1 aromatic carbocycles. The second-order valence-corrected chi connectivity index (χ2v) is 13.2. The van der Waals surface area contributed by atoms with E-state index >= 15 is 0 Å². The van der Waals surface area contributed by atoms with Crippen molar-refractivity contribution in [2.45, 2.75) is 38.1 Å². The van der Waals surface area contributed by atoms with Crippen LogP contribution in [-0.2, 0) is 24.7 Å². The lowest BCUT2D eigenvalue weighted by atomic mass is 10.1. The molecule has 0 spiro atoms. The second-order valence-electron chi connectivity index (χ2n) is 8.99. The van der Waals surface area contributed by atoms with Crippen LogP contribution in [0, 0.1) is 12.8 Å². The highest BCUT2D eigenvalue weighted by Gasteiger charge is 2.36. The molecule has 2 aliphatic rings. The van der Waals surface area contributed by atoms with Gasteiger partial charge in [-0.1, -0.05) is 31.5 Å². The van der Waals surface area contributed by atoms with Gasteiger partial charge in [0.15, 0.2) is 9.84 Å². The summed E-state index contributed by atoms with van der Waals surface area (Å²) >= 11 is 0. The predicted molar refractivity (Wildman–Crippen MR) is 120 cm³/mol. The van der Waals surface area contributed by atoms with Gasteiger partial charge in [-0.3, -0.25) is 9.69 Å². The average Bonchev–Trinajstić information content (AvgIpc) is 3.06. The summed E-state index contributed by atoms with van der Waals surface area (Å²) in [6.45, 7) is 8.23. The molecule has 8 nitrogen and oxygen atoms in total. The van der Waals surface area contributed by atoms with Gasteiger partial charge >= 0.3 is 0 Å². The summed E-state index contributed by atoms with van der Waals surface area (Å²) in [5, 5.41) is 0. The molecule has 0 radical (unpaired) electrons. The lowest BCUT2D eigenvalue weighted by Crippen LogP contribution is -2.53. The highest BCUT2D eigenvalue weighted by molar-refractivity contribution is 7.91. The number of rotatable bonds is 7. The number of aryl methyl sites for hydroxylation is 1. The van der Waals surface area contributed by atoms with Crippen molar-refractivity contribution in [2.24, 2.45) is 5.92 Å². The van der Waals surface area contributed by atoms with Crippen LogP contribution in [0.5, 0.6) is 0 Å². The minimum atomic E-state index is -3.54. The van der Waals surface area contributed by atoms with Crippen molar-refractivity contribution < 1.29 is 21.6 Å².